The second-order valence-electron chi connectivity index (χ2n) is 6.57. The number of rotatable bonds is 4. The van der Waals surface area contributed by atoms with Crippen LogP contribution in [0.3, 0.4) is 0 Å². The standard InChI is InChI=1S/C22H17FN4O3S/c1-30-21(28)16-10-25-20(24)18-17(11-31-19(16)18)12-5-7-14(8-6-12)26-22(29)27-15-4-2-3-13(23)9-15/h2-11H,1H3,(H2,24,25)(H2,26,27,29). The van der Waals surface area contributed by atoms with Gasteiger partial charge in [-0.05, 0) is 41.3 Å². The maximum atomic E-state index is 13.2. The SMILES string of the molecule is COC(=O)c1cnc(N)c2c(-c3ccc(NC(=O)Nc4cccc(F)c4)cc3)csc12. The highest BCUT2D eigenvalue weighted by Gasteiger charge is 2.18. The number of esters is 1. The quantitative estimate of drug-likeness (QED) is 0.385. The number of nitrogens with one attached hydrogen (secondary N) is 2. The molecule has 4 aromatic rings. The molecule has 4 rings (SSSR count). The minimum atomic E-state index is -0.490. The summed E-state index contributed by atoms with van der Waals surface area (Å²) in [5.74, 6) is -0.598. The Morgan fingerprint density at radius 3 is 2.55 bits per heavy atom. The molecule has 0 aliphatic rings. The summed E-state index contributed by atoms with van der Waals surface area (Å²) < 4.78 is 18.8. The summed E-state index contributed by atoms with van der Waals surface area (Å²) in [6, 6.07) is 12.3. The number of aromatic nitrogens is 1. The average Bonchev–Trinajstić information content (AvgIpc) is 3.20. The van der Waals surface area contributed by atoms with Crippen LogP contribution in [0.25, 0.3) is 21.2 Å². The number of carbonyl (C=O) groups is 2. The fourth-order valence-electron chi connectivity index (χ4n) is 3.13. The zero-order valence-corrected chi connectivity index (χ0v) is 17.1. The molecule has 31 heavy (non-hydrogen) atoms. The largest absolute Gasteiger partial charge is 0.465 e. The summed E-state index contributed by atoms with van der Waals surface area (Å²) in [6.45, 7) is 0. The number of urea groups is 1. The number of halogens is 1. The van der Waals surface area contributed by atoms with E-state index in [1.807, 2.05) is 17.5 Å². The van der Waals surface area contributed by atoms with Gasteiger partial charge in [-0.1, -0.05) is 18.2 Å². The van der Waals surface area contributed by atoms with E-state index in [4.69, 9.17) is 10.5 Å². The van der Waals surface area contributed by atoms with E-state index in [2.05, 4.69) is 15.6 Å². The Labute approximate surface area is 180 Å². The van der Waals surface area contributed by atoms with E-state index in [9.17, 15) is 14.0 Å². The van der Waals surface area contributed by atoms with Gasteiger partial charge in [-0.25, -0.2) is 19.0 Å². The molecule has 7 nitrogen and oxygen atoms in total. The van der Waals surface area contributed by atoms with Crippen molar-refractivity contribution in [3.05, 3.63) is 71.5 Å². The Morgan fingerprint density at radius 1 is 1.10 bits per heavy atom. The third-order valence-electron chi connectivity index (χ3n) is 4.57. The van der Waals surface area contributed by atoms with Crippen molar-refractivity contribution < 1.29 is 18.7 Å². The van der Waals surface area contributed by atoms with Crippen LogP contribution in [0.2, 0.25) is 0 Å². The zero-order valence-electron chi connectivity index (χ0n) is 16.3. The molecule has 156 valence electrons. The summed E-state index contributed by atoms with van der Waals surface area (Å²) in [6.07, 6.45) is 1.41. The van der Waals surface area contributed by atoms with Crippen LogP contribution in [-0.4, -0.2) is 24.1 Å². The van der Waals surface area contributed by atoms with Gasteiger partial charge in [0.25, 0.3) is 0 Å². The van der Waals surface area contributed by atoms with Crippen LogP contribution in [0.1, 0.15) is 10.4 Å². The van der Waals surface area contributed by atoms with Crippen LogP contribution in [0, 0.1) is 5.82 Å². The summed E-state index contributed by atoms with van der Waals surface area (Å²) in [7, 11) is 1.31. The molecule has 0 unspecified atom stereocenters. The number of methoxy groups -OCH3 is 1. The van der Waals surface area contributed by atoms with Gasteiger partial charge in [-0.2, -0.15) is 0 Å². The Kier molecular flexibility index (Phi) is 5.50. The van der Waals surface area contributed by atoms with Crippen molar-refractivity contribution in [2.75, 3.05) is 23.5 Å². The summed E-state index contributed by atoms with van der Waals surface area (Å²) in [4.78, 5) is 28.3. The zero-order chi connectivity index (χ0) is 22.0. The smallest absolute Gasteiger partial charge is 0.340 e. The van der Waals surface area contributed by atoms with Crippen molar-refractivity contribution in [3.63, 3.8) is 0 Å². The fourth-order valence-corrected chi connectivity index (χ4v) is 4.21. The first kappa shape index (κ1) is 20.3. The molecule has 0 aliphatic carbocycles. The summed E-state index contributed by atoms with van der Waals surface area (Å²) >= 11 is 1.38. The van der Waals surface area contributed by atoms with Crippen molar-refractivity contribution in [2.45, 2.75) is 0 Å². The maximum absolute atomic E-state index is 13.2. The van der Waals surface area contributed by atoms with Gasteiger partial charge in [-0.3, -0.25) is 0 Å². The molecule has 0 spiro atoms. The number of nitrogens with zero attached hydrogens (tertiary/aromatic N) is 1. The van der Waals surface area contributed by atoms with Crippen molar-refractivity contribution in [1.82, 2.24) is 4.98 Å². The van der Waals surface area contributed by atoms with Gasteiger partial charge in [0.2, 0.25) is 0 Å². The van der Waals surface area contributed by atoms with Crippen molar-refractivity contribution in [3.8, 4) is 11.1 Å². The van der Waals surface area contributed by atoms with Crippen LogP contribution < -0.4 is 16.4 Å². The number of hydrogen-bond acceptors (Lipinski definition) is 6. The topological polar surface area (TPSA) is 106 Å². The Bertz CT molecular complexity index is 1290. The van der Waals surface area contributed by atoms with Gasteiger partial charge >= 0.3 is 12.0 Å². The number of fused-ring (bicyclic) bond motifs is 1. The van der Waals surface area contributed by atoms with Crippen LogP contribution in [-0.2, 0) is 4.74 Å². The van der Waals surface area contributed by atoms with Gasteiger partial charge in [0.15, 0.2) is 0 Å². The lowest BCUT2D eigenvalue weighted by Crippen LogP contribution is -2.19. The lowest BCUT2D eigenvalue weighted by atomic mass is 10.0. The van der Waals surface area contributed by atoms with Crippen molar-refractivity contribution >= 4 is 50.6 Å². The lowest BCUT2D eigenvalue weighted by molar-refractivity contribution is 0.0603. The highest BCUT2D eigenvalue weighted by atomic mass is 32.1. The number of nitrogen functional groups attached to an aromatic ring is 1. The number of thiophene rings is 1. The number of anilines is 3. The molecule has 0 atom stereocenters. The number of ether oxygens (including phenoxy) is 1. The highest BCUT2D eigenvalue weighted by Crippen LogP contribution is 2.38. The summed E-state index contributed by atoms with van der Waals surface area (Å²) in [5.41, 5.74) is 9.01. The predicted molar refractivity (Wildman–Crippen MR) is 120 cm³/mol. The van der Waals surface area contributed by atoms with Crippen molar-refractivity contribution in [1.29, 1.82) is 0 Å². The molecule has 4 N–H and O–H groups in total. The number of carbonyl (C=O) groups excluding carboxylic acids is 2. The van der Waals surface area contributed by atoms with Gasteiger partial charge < -0.3 is 21.1 Å². The predicted octanol–water partition coefficient (Wildman–Crippen LogP) is 5.12. The highest BCUT2D eigenvalue weighted by molar-refractivity contribution is 7.18. The van der Waals surface area contributed by atoms with Crippen LogP contribution in [0.4, 0.5) is 26.4 Å². The monoisotopic (exact) mass is 436 g/mol. The number of pyridine rings is 1. The van der Waals surface area contributed by atoms with Gasteiger partial charge in [0.1, 0.15) is 11.6 Å². The molecule has 2 aromatic carbocycles. The van der Waals surface area contributed by atoms with E-state index in [1.165, 1.54) is 42.8 Å². The molecule has 0 saturated carbocycles. The van der Waals surface area contributed by atoms with E-state index in [0.717, 1.165) is 11.1 Å². The molecular formula is C22H17FN4O3S. The third-order valence-corrected chi connectivity index (χ3v) is 5.58. The van der Waals surface area contributed by atoms with Gasteiger partial charge in [-0.15, -0.1) is 11.3 Å². The first-order valence-electron chi connectivity index (χ1n) is 9.14. The summed E-state index contributed by atoms with van der Waals surface area (Å²) in [5, 5.41) is 7.84. The van der Waals surface area contributed by atoms with Crippen molar-refractivity contribution in [2.24, 2.45) is 0 Å². The van der Waals surface area contributed by atoms with Crippen LogP contribution in [0.15, 0.2) is 60.1 Å². The third kappa shape index (κ3) is 4.17. The first-order chi connectivity index (χ1) is 15.0. The molecule has 0 bridgehead atoms. The van der Waals surface area contributed by atoms with Crippen LogP contribution in [0.5, 0.6) is 0 Å². The molecule has 2 aromatic heterocycles. The van der Waals surface area contributed by atoms with E-state index in [0.29, 0.717) is 32.8 Å². The fraction of sp³-hybridized carbons (Fsp3) is 0.0455. The second kappa shape index (κ2) is 8.41. The molecule has 9 heteroatoms. The van der Waals surface area contributed by atoms with E-state index in [1.54, 1.807) is 18.2 Å². The normalized spacial score (nSPS) is 10.6. The molecule has 0 saturated heterocycles. The molecule has 2 amide bonds. The first-order valence-corrected chi connectivity index (χ1v) is 10.0. The van der Waals surface area contributed by atoms with E-state index in [-0.39, 0.29) is 0 Å². The van der Waals surface area contributed by atoms with E-state index >= 15 is 0 Å². The molecule has 0 aliphatic heterocycles. The second-order valence-corrected chi connectivity index (χ2v) is 7.45. The lowest BCUT2D eigenvalue weighted by Gasteiger charge is -2.09. The minimum absolute atomic E-state index is 0.315. The number of benzene rings is 2. The molecule has 0 fully saturated rings. The van der Waals surface area contributed by atoms with Crippen LogP contribution >= 0.6 is 11.3 Å². The average molecular weight is 436 g/mol. The van der Waals surface area contributed by atoms with E-state index < -0.39 is 17.8 Å². The molecular weight excluding hydrogens is 419 g/mol. The Balaban J connectivity index is 1.56. The number of hydrogen-bond donors (Lipinski definition) is 3. The molecule has 2 heterocycles. The number of amides is 2. The molecule has 0 radical (unpaired) electrons. The van der Waals surface area contributed by atoms with Gasteiger partial charge in [0, 0.05) is 28.5 Å². The Morgan fingerprint density at radius 2 is 1.84 bits per heavy atom. The minimum Gasteiger partial charge on any atom is -0.465 e. The number of nitrogens with two attached hydrogens (primary N) is 1. The van der Waals surface area contributed by atoms with Gasteiger partial charge in [0.05, 0.1) is 17.4 Å². The maximum Gasteiger partial charge on any atom is 0.340 e. The Hall–Kier alpha value is -3.98.